The van der Waals surface area contributed by atoms with E-state index in [1.165, 1.54) is 0 Å². The van der Waals surface area contributed by atoms with Gasteiger partial charge in [0.05, 0.1) is 18.2 Å². The minimum absolute atomic E-state index is 0.00519. The normalized spacial score (nSPS) is 19.8. The van der Waals surface area contributed by atoms with Crippen LogP contribution >= 0.6 is 22.6 Å². The number of rotatable bonds is 2. The molecule has 0 radical (unpaired) electrons. The largest absolute Gasteiger partial charge is 0.381 e. The van der Waals surface area contributed by atoms with Gasteiger partial charge in [0.2, 0.25) is 5.91 Å². The van der Waals surface area contributed by atoms with Gasteiger partial charge >= 0.3 is 0 Å². The van der Waals surface area contributed by atoms with Crippen LogP contribution in [0.1, 0.15) is 12.1 Å². The average molecular weight is 332 g/mol. The summed E-state index contributed by atoms with van der Waals surface area (Å²) in [7, 11) is 0. The summed E-state index contributed by atoms with van der Waals surface area (Å²) in [5.74, 6) is 0.599. The molecule has 1 fully saturated rings. The zero-order valence-electron chi connectivity index (χ0n) is 9.00. The van der Waals surface area contributed by atoms with Crippen molar-refractivity contribution in [2.45, 2.75) is 13.3 Å². The second-order valence-corrected chi connectivity index (χ2v) is 4.98. The lowest BCUT2D eigenvalue weighted by Gasteiger charge is -2.09. The molecule has 4 nitrogen and oxygen atoms in total. The highest BCUT2D eigenvalue weighted by Crippen LogP contribution is 2.16. The first-order valence-corrected chi connectivity index (χ1v) is 6.26. The highest BCUT2D eigenvalue weighted by molar-refractivity contribution is 14.1. The third-order valence-corrected chi connectivity index (χ3v) is 3.71. The van der Waals surface area contributed by atoms with Crippen molar-refractivity contribution >= 4 is 34.3 Å². The molecule has 2 rings (SSSR count). The van der Waals surface area contributed by atoms with Crippen molar-refractivity contribution in [3.63, 3.8) is 0 Å². The summed E-state index contributed by atoms with van der Waals surface area (Å²) >= 11 is 2.22. The van der Waals surface area contributed by atoms with Crippen molar-refractivity contribution in [2.75, 3.05) is 18.5 Å². The number of carbonyl (C=O) groups is 1. The number of pyridine rings is 1. The van der Waals surface area contributed by atoms with E-state index in [4.69, 9.17) is 4.74 Å². The minimum Gasteiger partial charge on any atom is -0.381 e. The molecule has 0 bridgehead atoms. The zero-order chi connectivity index (χ0) is 11.5. The van der Waals surface area contributed by atoms with E-state index in [9.17, 15) is 4.79 Å². The van der Waals surface area contributed by atoms with Gasteiger partial charge in [-0.25, -0.2) is 4.98 Å². The van der Waals surface area contributed by atoms with Crippen molar-refractivity contribution in [3.05, 3.63) is 21.4 Å². The molecule has 1 aromatic rings. The maximum atomic E-state index is 11.8. The van der Waals surface area contributed by atoms with Crippen molar-refractivity contribution in [1.82, 2.24) is 4.98 Å². The summed E-state index contributed by atoms with van der Waals surface area (Å²) in [6.45, 7) is 3.13. The molecule has 0 saturated carbocycles. The molecule has 5 heteroatoms. The maximum Gasteiger partial charge on any atom is 0.231 e. The number of hydrogen-bond donors (Lipinski definition) is 1. The first kappa shape index (κ1) is 11.8. The van der Waals surface area contributed by atoms with Gasteiger partial charge in [-0.15, -0.1) is 0 Å². The Hall–Kier alpha value is -0.690. The predicted octanol–water partition coefficient (Wildman–Crippen LogP) is 1.97. The number of hydrogen-bond acceptors (Lipinski definition) is 3. The van der Waals surface area contributed by atoms with Gasteiger partial charge in [-0.1, -0.05) is 0 Å². The number of carbonyl (C=O) groups excluding carboxylic acids is 1. The lowest BCUT2D eigenvalue weighted by molar-refractivity contribution is -0.119. The van der Waals surface area contributed by atoms with Crippen LogP contribution in [0.5, 0.6) is 0 Å². The topological polar surface area (TPSA) is 51.2 Å². The summed E-state index contributed by atoms with van der Waals surface area (Å²) in [4.78, 5) is 16.1. The zero-order valence-corrected chi connectivity index (χ0v) is 11.2. The molecule has 16 heavy (non-hydrogen) atoms. The van der Waals surface area contributed by atoms with E-state index in [1.54, 1.807) is 0 Å². The Morgan fingerprint density at radius 1 is 1.62 bits per heavy atom. The quantitative estimate of drug-likeness (QED) is 0.843. The van der Waals surface area contributed by atoms with Crippen LogP contribution in [0.25, 0.3) is 0 Å². The second kappa shape index (κ2) is 5.09. The molecule has 1 saturated heterocycles. The Kier molecular flexibility index (Phi) is 3.75. The summed E-state index contributed by atoms with van der Waals surface area (Å²) in [6.07, 6.45) is 0.801. The van der Waals surface area contributed by atoms with Gasteiger partial charge in [-0.05, 0) is 48.1 Å². The fourth-order valence-electron chi connectivity index (χ4n) is 1.58. The summed E-state index contributed by atoms with van der Waals surface area (Å²) in [5, 5.41) is 2.82. The fourth-order valence-corrected chi connectivity index (χ4v) is 1.88. The third-order valence-electron chi connectivity index (χ3n) is 2.57. The Balaban J connectivity index is 2.02. The van der Waals surface area contributed by atoms with Crippen LogP contribution in [0.4, 0.5) is 5.82 Å². The Morgan fingerprint density at radius 2 is 2.44 bits per heavy atom. The number of nitrogens with zero attached hydrogens (tertiary/aromatic N) is 1. The molecule has 1 atom stereocenters. The second-order valence-electron chi connectivity index (χ2n) is 3.81. The SMILES string of the molecule is Cc1nc(NC(=O)[C@@H]2CCOC2)ccc1I. The van der Waals surface area contributed by atoms with Crippen LogP contribution in [0.2, 0.25) is 0 Å². The van der Waals surface area contributed by atoms with Crippen LogP contribution in [-0.2, 0) is 9.53 Å². The van der Waals surface area contributed by atoms with Gasteiger partial charge in [0.25, 0.3) is 0 Å². The summed E-state index contributed by atoms with van der Waals surface area (Å²) in [5.41, 5.74) is 0.932. The molecule has 2 heterocycles. The lowest BCUT2D eigenvalue weighted by Crippen LogP contribution is -2.23. The Morgan fingerprint density at radius 3 is 3.06 bits per heavy atom. The van der Waals surface area contributed by atoms with Crippen molar-refractivity contribution in [1.29, 1.82) is 0 Å². The molecular formula is C11H13IN2O2. The van der Waals surface area contributed by atoms with E-state index in [-0.39, 0.29) is 11.8 Å². The van der Waals surface area contributed by atoms with Gasteiger partial charge in [0.15, 0.2) is 0 Å². The molecule has 0 spiro atoms. The number of aromatic nitrogens is 1. The number of anilines is 1. The van der Waals surface area contributed by atoms with Crippen LogP contribution in [0.3, 0.4) is 0 Å². The fraction of sp³-hybridized carbons (Fsp3) is 0.455. The molecule has 0 aliphatic carbocycles. The van der Waals surface area contributed by atoms with Gasteiger partial charge in [-0.2, -0.15) is 0 Å². The highest BCUT2D eigenvalue weighted by atomic mass is 127. The van der Waals surface area contributed by atoms with E-state index in [2.05, 4.69) is 32.9 Å². The van der Waals surface area contributed by atoms with Crippen molar-refractivity contribution in [3.8, 4) is 0 Å². The monoisotopic (exact) mass is 332 g/mol. The third kappa shape index (κ3) is 2.70. The van der Waals surface area contributed by atoms with Gasteiger partial charge in [0, 0.05) is 10.2 Å². The van der Waals surface area contributed by atoms with Gasteiger partial charge < -0.3 is 10.1 Å². The first-order valence-electron chi connectivity index (χ1n) is 5.18. The number of aryl methyl sites for hydroxylation is 1. The average Bonchev–Trinajstić information content (AvgIpc) is 2.77. The van der Waals surface area contributed by atoms with E-state index in [0.29, 0.717) is 19.0 Å². The van der Waals surface area contributed by atoms with Crippen LogP contribution < -0.4 is 5.32 Å². The molecule has 1 aliphatic rings. The summed E-state index contributed by atoms with van der Waals surface area (Å²) < 4.78 is 6.27. The summed E-state index contributed by atoms with van der Waals surface area (Å²) in [6, 6.07) is 3.77. The highest BCUT2D eigenvalue weighted by Gasteiger charge is 2.23. The smallest absolute Gasteiger partial charge is 0.231 e. The van der Waals surface area contributed by atoms with Crippen molar-refractivity contribution < 1.29 is 9.53 Å². The van der Waals surface area contributed by atoms with Crippen molar-refractivity contribution in [2.24, 2.45) is 5.92 Å². The number of ether oxygens (including phenoxy) is 1. The van der Waals surface area contributed by atoms with E-state index in [1.807, 2.05) is 19.1 Å². The molecule has 1 aromatic heterocycles. The van der Waals surface area contributed by atoms with Crippen LogP contribution in [-0.4, -0.2) is 24.1 Å². The Bertz CT molecular complexity index is 403. The van der Waals surface area contributed by atoms with Gasteiger partial charge in [-0.3, -0.25) is 4.79 Å². The molecule has 86 valence electrons. The molecule has 0 unspecified atom stereocenters. The standard InChI is InChI=1S/C11H13IN2O2/c1-7-9(12)2-3-10(13-7)14-11(15)8-4-5-16-6-8/h2-3,8H,4-6H2,1H3,(H,13,14,15)/t8-/m1/s1. The molecule has 1 amide bonds. The molecule has 0 aromatic carbocycles. The van der Waals surface area contributed by atoms with E-state index in [0.717, 1.165) is 15.7 Å². The predicted molar refractivity (Wildman–Crippen MR) is 69.2 cm³/mol. The molecule has 1 aliphatic heterocycles. The first-order chi connectivity index (χ1) is 7.66. The van der Waals surface area contributed by atoms with E-state index >= 15 is 0 Å². The van der Waals surface area contributed by atoms with Gasteiger partial charge in [0.1, 0.15) is 5.82 Å². The molecule has 1 N–H and O–H groups in total. The van der Waals surface area contributed by atoms with Crippen LogP contribution in [0, 0.1) is 16.4 Å². The van der Waals surface area contributed by atoms with Crippen LogP contribution in [0.15, 0.2) is 12.1 Å². The number of halogens is 1. The molecular weight excluding hydrogens is 319 g/mol. The number of amides is 1. The minimum atomic E-state index is -0.0265. The Labute approximate surface area is 108 Å². The lowest BCUT2D eigenvalue weighted by atomic mass is 10.1. The van der Waals surface area contributed by atoms with E-state index < -0.39 is 0 Å². The maximum absolute atomic E-state index is 11.8. The number of nitrogens with one attached hydrogen (secondary N) is 1.